The second-order valence-corrected chi connectivity index (χ2v) is 11.8. The summed E-state index contributed by atoms with van der Waals surface area (Å²) in [6.07, 6.45) is 2.62. The molecule has 13 nitrogen and oxygen atoms in total. The Hall–Kier alpha value is -3.26. The molecule has 0 saturated carbocycles. The summed E-state index contributed by atoms with van der Waals surface area (Å²) in [5.74, 6) is -2.66. The predicted octanol–water partition coefficient (Wildman–Crippen LogP) is 0.767. The number of carbonyl (C=O) groups is 2. The standard InChI is InChI=1S/C23H34N6O7S/c1-14-10-16-6-5-8-18(20(16)26-12-14)37(34,35)19(11-15(2)13-27-23(24)28-29(32)33)22(31)36-21(30)17-7-3-4-9-25-17/h5-6,8,14-15,17,19,25-26H,3-4,7,9-13H2,1-2H3,(H3,24,27,28)/t14?,15-,17?,19-/m1/s1. The first-order chi connectivity index (χ1) is 17.5. The number of hydrogen-bond acceptors (Lipinski definition) is 10. The van der Waals surface area contributed by atoms with Gasteiger partial charge >= 0.3 is 11.9 Å². The van der Waals surface area contributed by atoms with Crippen molar-refractivity contribution in [2.75, 3.05) is 25.0 Å². The Morgan fingerprint density at radius 3 is 2.78 bits per heavy atom. The Balaban J connectivity index is 1.88. The van der Waals surface area contributed by atoms with E-state index in [0.717, 1.165) is 18.4 Å². The van der Waals surface area contributed by atoms with Crippen molar-refractivity contribution < 1.29 is 27.8 Å². The molecular formula is C23H34N6O7S. The summed E-state index contributed by atoms with van der Waals surface area (Å²) in [6.45, 7) is 4.76. The topological polar surface area (TPSA) is 195 Å². The van der Waals surface area contributed by atoms with E-state index in [4.69, 9.17) is 10.5 Å². The van der Waals surface area contributed by atoms with Crippen LogP contribution in [0, 0.1) is 22.0 Å². The van der Waals surface area contributed by atoms with Gasteiger partial charge in [-0.2, -0.15) is 0 Å². The molecule has 2 heterocycles. The number of guanidine groups is 1. The molecule has 0 spiro atoms. The van der Waals surface area contributed by atoms with E-state index in [1.54, 1.807) is 18.4 Å². The van der Waals surface area contributed by atoms with Crippen LogP contribution in [0.15, 0.2) is 28.1 Å². The van der Waals surface area contributed by atoms with Crippen LogP contribution >= 0.6 is 0 Å². The van der Waals surface area contributed by atoms with E-state index in [2.05, 4.69) is 15.6 Å². The first-order valence-corrected chi connectivity index (χ1v) is 13.8. The summed E-state index contributed by atoms with van der Waals surface area (Å²) in [5.41, 5.74) is 8.44. The summed E-state index contributed by atoms with van der Waals surface area (Å²) in [4.78, 5) is 40.2. The SMILES string of the molecule is CC1CNc2c(cccc2S(=O)(=O)[C@H](C[C@@H](C)CN=C(N)N[N+](=O)[O-])C(=O)OC(=O)C2CCCCN2)C1. The lowest BCUT2D eigenvalue weighted by molar-refractivity contribution is -0.525. The van der Waals surface area contributed by atoms with Crippen LogP contribution in [-0.2, 0) is 30.6 Å². The second kappa shape index (κ2) is 12.3. The average Bonchev–Trinajstić information content (AvgIpc) is 2.85. The van der Waals surface area contributed by atoms with Crippen molar-refractivity contribution in [1.82, 2.24) is 10.7 Å². The van der Waals surface area contributed by atoms with Crippen LogP contribution in [0.25, 0.3) is 0 Å². The fourth-order valence-electron chi connectivity index (χ4n) is 4.52. The molecule has 3 rings (SSSR count). The number of nitro groups is 1. The predicted molar refractivity (Wildman–Crippen MR) is 136 cm³/mol. The molecule has 0 radical (unpaired) electrons. The number of anilines is 1. The van der Waals surface area contributed by atoms with E-state index in [1.807, 2.05) is 13.0 Å². The first kappa shape index (κ1) is 28.3. The smallest absolute Gasteiger partial charge is 0.332 e. The Labute approximate surface area is 215 Å². The van der Waals surface area contributed by atoms with Crippen LogP contribution in [0.2, 0.25) is 0 Å². The number of fused-ring (bicyclic) bond motifs is 1. The fourth-order valence-corrected chi connectivity index (χ4v) is 6.47. The summed E-state index contributed by atoms with van der Waals surface area (Å²) >= 11 is 0. The molecule has 0 bridgehead atoms. The molecule has 0 aromatic heterocycles. The van der Waals surface area contributed by atoms with E-state index in [9.17, 15) is 28.1 Å². The summed E-state index contributed by atoms with van der Waals surface area (Å²) in [5, 5.41) is 14.1. The number of benzene rings is 1. The van der Waals surface area contributed by atoms with Gasteiger partial charge in [-0.3, -0.25) is 4.79 Å². The molecule has 1 fully saturated rings. The van der Waals surface area contributed by atoms with E-state index < -0.39 is 50.0 Å². The van der Waals surface area contributed by atoms with Gasteiger partial charge in [0.2, 0.25) is 0 Å². The van der Waals surface area contributed by atoms with Crippen molar-refractivity contribution >= 4 is 33.4 Å². The Bertz CT molecular complexity index is 1150. The monoisotopic (exact) mass is 538 g/mol. The van der Waals surface area contributed by atoms with Crippen molar-refractivity contribution in [2.24, 2.45) is 22.6 Å². The number of carbonyl (C=O) groups excluding carboxylic acids is 2. The zero-order valence-corrected chi connectivity index (χ0v) is 21.8. The van der Waals surface area contributed by atoms with Crippen molar-refractivity contribution in [3.63, 3.8) is 0 Å². The first-order valence-electron chi connectivity index (χ1n) is 12.3. The van der Waals surface area contributed by atoms with Gasteiger partial charge in [-0.1, -0.05) is 37.8 Å². The number of hydrogen-bond donors (Lipinski definition) is 4. The van der Waals surface area contributed by atoms with Crippen molar-refractivity contribution in [3.8, 4) is 0 Å². The lowest BCUT2D eigenvalue weighted by Gasteiger charge is -2.27. The van der Waals surface area contributed by atoms with Crippen LogP contribution < -0.4 is 21.8 Å². The minimum Gasteiger partial charge on any atom is -0.391 e. The van der Waals surface area contributed by atoms with Crippen LogP contribution in [0.3, 0.4) is 0 Å². The molecule has 0 amide bonds. The molecule has 5 N–H and O–H groups in total. The number of para-hydroxylation sites is 1. The number of hydrazine groups is 1. The molecule has 14 heteroatoms. The van der Waals surface area contributed by atoms with Gasteiger partial charge in [0.1, 0.15) is 6.04 Å². The molecule has 1 aromatic rings. The quantitative estimate of drug-likeness (QED) is 0.0865. The number of aliphatic imine (C=N–C) groups is 1. The van der Waals surface area contributed by atoms with Gasteiger partial charge in [0.05, 0.1) is 10.6 Å². The van der Waals surface area contributed by atoms with Crippen LogP contribution in [0.4, 0.5) is 5.69 Å². The van der Waals surface area contributed by atoms with E-state index >= 15 is 0 Å². The van der Waals surface area contributed by atoms with Gasteiger partial charge in [-0.25, -0.2) is 28.3 Å². The molecule has 204 valence electrons. The summed E-state index contributed by atoms with van der Waals surface area (Å²) in [6, 6.07) is 4.22. The highest BCUT2D eigenvalue weighted by molar-refractivity contribution is 7.93. The van der Waals surface area contributed by atoms with Crippen molar-refractivity contribution in [3.05, 3.63) is 33.9 Å². The minimum absolute atomic E-state index is 0.0349. The number of sulfone groups is 1. The normalized spacial score (nSPS) is 21.6. The second-order valence-electron chi connectivity index (χ2n) is 9.69. The zero-order chi connectivity index (χ0) is 27.2. The molecule has 0 aliphatic carbocycles. The van der Waals surface area contributed by atoms with E-state index in [-0.39, 0.29) is 17.9 Å². The minimum atomic E-state index is -4.30. The average molecular weight is 539 g/mol. The van der Waals surface area contributed by atoms with E-state index in [1.165, 1.54) is 6.07 Å². The maximum Gasteiger partial charge on any atom is 0.332 e. The van der Waals surface area contributed by atoms with Gasteiger partial charge in [-0.15, -0.1) is 0 Å². The van der Waals surface area contributed by atoms with Gasteiger partial charge in [0, 0.05) is 13.1 Å². The van der Waals surface area contributed by atoms with Crippen molar-refractivity contribution in [1.29, 1.82) is 0 Å². The Morgan fingerprint density at radius 2 is 2.11 bits per heavy atom. The van der Waals surface area contributed by atoms with Crippen molar-refractivity contribution in [2.45, 2.75) is 62.1 Å². The number of piperidine rings is 1. The molecule has 2 unspecified atom stereocenters. The van der Waals surface area contributed by atoms with E-state index in [0.29, 0.717) is 37.5 Å². The third-order valence-electron chi connectivity index (χ3n) is 6.44. The number of esters is 2. The summed E-state index contributed by atoms with van der Waals surface area (Å²) < 4.78 is 32.8. The lowest BCUT2D eigenvalue weighted by Crippen LogP contribution is -2.44. The Kier molecular flexibility index (Phi) is 9.43. The maximum absolute atomic E-state index is 13.9. The molecule has 4 atom stereocenters. The number of nitrogens with zero attached hydrogens (tertiary/aromatic N) is 2. The maximum atomic E-state index is 13.9. The van der Waals surface area contributed by atoms with Gasteiger partial charge < -0.3 is 21.1 Å². The zero-order valence-electron chi connectivity index (χ0n) is 20.9. The van der Waals surface area contributed by atoms with Crippen LogP contribution in [-0.4, -0.2) is 62.3 Å². The highest BCUT2D eigenvalue weighted by atomic mass is 32.2. The third kappa shape index (κ3) is 7.38. The molecule has 2 aliphatic heterocycles. The van der Waals surface area contributed by atoms with Gasteiger partial charge in [-0.05, 0) is 55.7 Å². The molecule has 1 aromatic carbocycles. The molecule has 2 aliphatic rings. The fraction of sp³-hybridized carbons (Fsp3) is 0.609. The summed E-state index contributed by atoms with van der Waals surface area (Å²) in [7, 11) is -4.30. The third-order valence-corrected chi connectivity index (χ3v) is 8.53. The highest BCUT2D eigenvalue weighted by Gasteiger charge is 2.40. The number of rotatable bonds is 9. The van der Waals surface area contributed by atoms with Crippen LogP contribution in [0.1, 0.15) is 45.1 Å². The van der Waals surface area contributed by atoms with Crippen LogP contribution in [0.5, 0.6) is 0 Å². The number of ether oxygens (including phenoxy) is 1. The Morgan fingerprint density at radius 1 is 1.35 bits per heavy atom. The molecular weight excluding hydrogens is 504 g/mol. The number of nitrogens with one attached hydrogen (secondary N) is 3. The van der Waals surface area contributed by atoms with Gasteiger partial charge in [0.15, 0.2) is 20.1 Å². The lowest BCUT2D eigenvalue weighted by atomic mass is 9.96. The molecule has 1 saturated heterocycles. The number of nitrogens with two attached hydrogens (primary N) is 1. The largest absolute Gasteiger partial charge is 0.391 e. The molecule has 37 heavy (non-hydrogen) atoms. The van der Waals surface area contributed by atoms with Gasteiger partial charge in [0.25, 0.3) is 5.96 Å². The highest BCUT2D eigenvalue weighted by Crippen LogP contribution is 2.34.